The highest BCUT2D eigenvalue weighted by atomic mass is 32.2. The van der Waals surface area contributed by atoms with Gasteiger partial charge >= 0.3 is 21.3 Å². The molecule has 126 valence electrons. The van der Waals surface area contributed by atoms with Crippen molar-refractivity contribution in [1.82, 2.24) is 0 Å². The number of esters is 1. The molecule has 0 aromatic rings. The van der Waals surface area contributed by atoms with Crippen molar-refractivity contribution in [3.05, 3.63) is 0 Å². The topological polar surface area (TPSA) is 101 Å². The van der Waals surface area contributed by atoms with Gasteiger partial charge in [-0.3, -0.25) is 4.55 Å². The number of aliphatic hydroxyl groups is 1. The molecule has 22 heavy (non-hydrogen) atoms. The molecular formula is C13H18F2O6S. The molecule has 2 N–H and O–H groups in total. The van der Waals surface area contributed by atoms with Crippen molar-refractivity contribution in [2.75, 3.05) is 0 Å². The molecule has 1 unspecified atom stereocenters. The Hall–Kier alpha value is -0.800. The molecule has 6 nitrogen and oxygen atoms in total. The molecule has 4 bridgehead atoms. The van der Waals surface area contributed by atoms with Crippen molar-refractivity contribution >= 4 is 16.1 Å². The number of hydrogen-bond acceptors (Lipinski definition) is 5. The zero-order valence-electron chi connectivity index (χ0n) is 11.7. The summed E-state index contributed by atoms with van der Waals surface area (Å²) in [6.45, 7) is 0. The quantitative estimate of drug-likeness (QED) is 0.457. The Kier molecular flexibility index (Phi) is 3.54. The number of hydrogen-bond donors (Lipinski definition) is 2. The van der Waals surface area contributed by atoms with Gasteiger partial charge in [-0.2, -0.15) is 17.2 Å². The molecule has 4 aliphatic rings. The van der Waals surface area contributed by atoms with E-state index < -0.39 is 33.0 Å². The number of alkyl halides is 2. The summed E-state index contributed by atoms with van der Waals surface area (Å²) in [6.07, 6.45) is 3.12. The van der Waals surface area contributed by atoms with Crippen LogP contribution in [0, 0.1) is 23.2 Å². The van der Waals surface area contributed by atoms with Crippen LogP contribution in [-0.4, -0.2) is 35.6 Å². The first kappa shape index (κ1) is 16.1. The average Bonchev–Trinajstić information content (AvgIpc) is 2.35. The fourth-order valence-electron chi connectivity index (χ4n) is 4.88. The molecule has 4 fully saturated rings. The lowest BCUT2D eigenvalue weighted by molar-refractivity contribution is -0.235. The third-order valence-electron chi connectivity index (χ3n) is 5.39. The molecule has 0 heterocycles. The van der Waals surface area contributed by atoms with Crippen LogP contribution in [-0.2, 0) is 19.6 Å². The van der Waals surface area contributed by atoms with E-state index in [1.807, 2.05) is 0 Å². The van der Waals surface area contributed by atoms with Gasteiger partial charge in [0.25, 0.3) is 0 Å². The van der Waals surface area contributed by atoms with Crippen molar-refractivity contribution in [3.8, 4) is 0 Å². The minimum absolute atomic E-state index is 0.390. The third kappa shape index (κ3) is 2.43. The van der Waals surface area contributed by atoms with Gasteiger partial charge in [-0.15, -0.1) is 0 Å². The van der Waals surface area contributed by atoms with Crippen LogP contribution in [0.4, 0.5) is 8.78 Å². The van der Waals surface area contributed by atoms with Crippen molar-refractivity contribution in [1.29, 1.82) is 0 Å². The predicted octanol–water partition coefficient (Wildman–Crippen LogP) is 1.55. The SMILES string of the molecule is O=C(OC(O)C12CC3CC(CC(C3)C1)C2)C(F)(F)S(=O)(=O)O. The maximum absolute atomic E-state index is 13.2. The molecule has 0 radical (unpaired) electrons. The summed E-state index contributed by atoms with van der Waals surface area (Å²) < 4.78 is 60.3. The van der Waals surface area contributed by atoms with Crippen LogP contribution >= 0.6 is 0 Å². The highest BCUT2D eigenvalue weighted by Gasteiger charge is 2.59. The Morgan fingerprint density at radius 3 is 1.91 bits per heavy atom. The van der Waals surface area contributed by atoms with Crippen molar-refractivity contribution in [2.45, 2.75) is 50.1 Å². The monoisotopic (exact) mass is 340 g/mol. The summed E-state index contributed by atoms with van der Waals surface area (Å²) in [5.41, 5.74) is -0.764. The summed E-state index contributed by atoms with van der Waals surface area (Å²) in [4.78, 5) is 11.3. The van der Waals surface area contributed by atoms with Gasteiger partial charge in [-0.05, 0) is 56.3 Å². The lowest BCUT2D eigenvalue weighted by Crippen LogP contribution is -2.54. The molecule has 4 rings (SSSR count). The fourth-order valence-corrected chi connectivity index (χ4v) is 5.14. The first-order chi connectivity index (χ1) is 10.0. The normalized spacial score (nSPS) is 38.8. The van der Waals surface area contributed by atoms with Gasteiger partial charge in [0.2, 0.25) is 6.29 Å². The second-order valence-electron chi connectivity index (χ2n) is 7.03. The minimum Gasteiger partial charge on any atom is -0.430 e. The molecule has 4 aliphatic carbocycles. The number of carbonyl (C=O) groups excluding carboxylic acids is 1. The van der Waals surface area contributed by atoms with Gasteiger partial charge in [-0.25, -0.2) is 4.79 Å². The van der Waals surface area contributed by atoms with E-state index in [1.54, 1.807) is 0 Å². The van der Waals surface area contributed by atoms with E-state index >= 15 is 0 Å². The number of ether oxygens (including phenoxy) is 1. The van der Waals surface area contributed by atoms with E-state index in [0.717, 1.165) is 19.3 Å². The first-order valence-corrected chi connectivity index (χ1v) is 8.71. The van der Waals surface area contributed by atoms with Crippen LogP contribution in [0.25, 0.3) is 0 Å². The summed E-state index contributed by atoms with van der Waals surface area (Å²) in [5.74, 6) is -1.26. The highest BCUT2D eigenvalue weighted by Crippen LogP contribution is 2.61. The second-order valence-corrected chi connectivity index (χ2v) is 8.49. The van der Waals surface area contributed by atoms with Gasteiger partial charge in [0.15, 0.2) is 0 Å². The maximum Gasteiger partial charge on any atom is 0.465 e. The number of halogens is 2. The zero-order chi connectivity index (χ0) is 16.3. The molecular weight excluding hydrogens is 322 g/mol. The molecule has 0 saturated heterocycles. The minimum atomic E-state index is -5.92. The lowest BCUT2D eigenvalue weighted by Gasteiger charge is -2.57. The third-order valence-corrected chi connectivity index (χ3v) is 6.20. The van der Waals surface area contributed by atoms with Crippen molar-refractivity contribution in [2.24, 2.45) is 23.2 Å². The molecule has 0 amide bonds. The molecule has 0 aliphatic heterocycles. The lowest BCUT2D eigenvalue weighted by atomic mass is 9.49. The molecule has 4 saturated carbocycles. The van der Waals surface area contributed by atoms with Gasteiger partial charge in [0, 0.05) is 5.41 Å². The molecule has 0 aromatic carbocycles. The predicted molar refractivity (Wildman–Crippen MR) is 69.2 cm³/mol. The molecule has 9 heteroatoms. The number of aliphatic hydroxyl groups excluding tert-OH is 1. The summed E-state index contributed by atoms with van der Waals surface area (Å²) in [7, 11) is -5.92. The Morgan fingerprint density at radius 1 is 1.14 bits per heavy atom. The zero-order valence-corrected chi connectivity index (χ0v) is 12.6. The molecule has 0 aromatic heterocycles. The second kappa shape index (κ2) is 4.85. The van der Waals surface area contributed by atoms with Crippen LogP contribution < -0.4 is 0 Å². The van der Waals surface area contributed by atoms with E-state index in [4.69, 9.17) is 4.55 Å². The van der Waals surface area contributed by atoms with E-state index in [1.165, 1.54) is 0 Å². The maximum atomic E-state index is 13.2. The largest absolute Gasteiger partial charge is 0.465 e. The van der Waals surface area contributed by atoms with E-state index in [0.29, 0.717) is 37.0 Å². The van der Waals surface area contributed by atoms with Crippen LogP contribution in [0.5, 0.6) is 0 Å². The van der Waals surface area contributed by atoms with Crippen LogP contribution in [0.15, 0.2) is 0 Å². The van der Waals surface area contributed by atoms with Gasteiger partial charge < -0.3 is 9.84 Å². The van der Waals surface area contributed by atoms with Crippen molar-refractivity contribution < 1.29 is 36.4 Å². The molecule has 1 atom stereocenters. The fraction of sp³-hybridized carbons (Fsp3) is 0.923. The van der Waals surface area contributed by atoms with Crippen LogP contribution in [0.3, 0.4) is 0 Å². The van der Waals surface area contributed by atoms with Gasteiger partial charge in [0.05, 0.1) is 0 Å². The average molecular weight is 340 g/mol. The molecule has 0 spiro atoms. The Morgan fingerprint density at radius 2 is 1.55 bits per heavy atom. The summed E-state index contributed by atoms with van der Waals surface area (Å²) >= 11 is 0. The van der Waals surface area contributed by atoms with E-state index in [-0.39, 0.29) is 0 Å². The Bertz CT molecular complexity index is 552. The number of rotatable bonds is 4. The number of carbonyl (C=O) groups is 1. The highest BCUT2D eigenvalue weighted by molar-refractivity contribution is 7.87. The Labute approximate surface area is 126 Å². The standard InChI is InChI=1S/C13H18F2O6S/c14-13(15,22(18,19)20)11(17)21-10(16)12-4-7-1-8(5-12)3-9(2-7)6-12/h7-10,16H,1-6H2,(H,18,19,20). The van der Waals surface area contributed by atoms with Crippen LogP contribution in [0.1, 0.15) is 38.5 Å². The summed E-state index contributed by atoms with van der Waals surface area (Å²) in [6, 6.07) is 0. The van der Waals surface area contributed by atoms with E-state index in [9.17, 15) is 27.1 Å². The smallest absolute Gasteiger partial charge is 0.430 e. The first-order valence-electron chi connectivity index (χ1n) is 7.27. The van der Waals surface area contributed by atoms with Gasteiger partial charge in [-0.1, -0.05) is 0 Å². The van der Waals surface area contributed by atoms with Gasteiger partial charge in [0.1, 0.15) is 0 Å². The van der Waals surface area contributed by atoms with Crippen LogP contribution in [0.2, 0.25) is 0 Å². The van der Waals surface area contributed by atoms with E-state index in [2.05, 4.69) is 4.74 Å². The van der Waals surface area contributed by atoms with Crippen molar-refractivity contribution in [3.63, 3.8) is 0 Å². The summed E-state index contributed by atoms with van der Waals surface area (Å²) in [5, 5.41) is 5.09. The Balaban J connectivity index is 1.75.